The Kier molecular flexibility index (Phi) is 6.44. The lowest BCUT2D eigenvalue weighted by Gasteiger charge is -2.08. The molecule has 132 valence electrons. The summed E-state index contributed by atoms with van der Waals surface area (Å²) in [7, 11) is -3.96. The van der Waals surface area contributed by atoms with E-state index in [0.29, 0.717) is 12.1 Å². The number of halogens is 2. The van der Waals surface area contributed by atoms with Crippen LogP contribution in [0, 0.1) is 11.2 Å². The van der Waals surface area contributed by atoms with Crippen LogP contribution in [0.3, 0.4) is 0 Å². The third kappa shape index (κ3) is 5.75. The van der Waals surface area contributed by atoms with Crippen LogP contribution in [0.2, 0.25) is 0 Å². The topological polar surface area (TPSA) is 101 Å². The Balaban J connectivity index is 2.30. The van der Waals surface area contributed by atoms with Gasteiger partial charge in [0.1, 0.15) is 5.70 Å². The monoisotopic (exact) mass is 382 g/mol. The maximum Gasteiger partial charge on any atom is 0.238 e. The van der Waals surface area contributed by atoms with Gasteiger partial charge in [0.15, 0.2) is 11.5 Å². The Bertz CT molecular complexity index is 899. The van der Waals surface area contributed by atoms with E-state index in [1.165, 1.54) is 12.1 Å². The fourth-order valence-corrected chi connectivity index (χ4v) is 2.84. The summed E-state index contributed by atoms with van der Waals surface area (Å²) in [4.78, 5) is -0.288. The SMILES string of the molecule is N=C(C=C(Cc1ccccc1)[NH2+]c1ccc(S(N)(=O)=O)cc1F)CCl. The minimum absolute atomic E-state index is 0.0406. The lowest BCUT2D eigenvalue weighted by Crippen LogP contribution is -2.76. The van der Waals surface area contributed by atoms with Crippen LogP contribution in [0.4, 0.5) is 10.1 Å². The molecule has 0 saturated carbocycles. The Morgan fingerprint density at radius 2 is 1.92 bits per heavy atom. The third-order valence-electron chi connectivity index (χ3n) is 3.40. The number of rotatable bonds is 7. The zero-order valence-corrected chi connectivity index (χ0v) is 14.8. The molecule has 0 aliphatic heterocycles. The number of sulfonamides is 1. The largest absolute Gasteiger partial charge is 0.304 e. The van der Waals surface area contributed by atoms with Gasteiger partial charge in [-0.2, -0.15) is 0 Å². The van der Waals surface area contributed by atoms with Gasteiger partial charge in [-0.15, -0.1) is 11.6 Å². The summed E-state index contributed by atoms with van der Waals surface area (Å²) in [6, 6.07) is 13.0. The van der Waals surface area contributed by atoms with Crippen LogP contribution in [0.5, 0.6) is 0 Å². The summed E-state index contributed by atoms with van der Waals surface area (Å²) in [6.07, 6.45) is 2.06. The molecule has 2 rings (SSSR count). The molecule has 0 fully saturated rings. The fourth-order valence-electron chi connectivity index (χ4n) is 2.24. The van der Waals surface area contributed by atoms with E-state index in [1.54, 1.807) is 11.4 Å². The van der Waals surface area contributed by atoms with Crippen LogP contribution in [0.25, 0.3) is 0 Å². The molecule has 5 nitrogen and oxygen atoms in total. The van der Waals surface area contributed by atoms with Gasteiger partial charge in [-0.1, -0.05) is 30.3 Å². The second-order valence-corrected chi connectivity index (χ2v) is 7.24. The predicted octanol–water partition coefficient (Wildman–Crippen LogP) is 2.05. The smallest absolute Gasteiger partial charge is 0.238 e. The van der Waals surface area contributed by atoms with Crippen molar-refractivity contribution in [1.82, 2.24) is 0 Å². The maximum absolute atomic E-state index is 14.2. The van der Waals surface area contributed by atoms with Crippen LogP contribution in [0.15, 0.2) is 65.2 Å². The molecule has 0 bridgehead atoms. The maximum atomic E-state index is 14.2. The van der Waals surface area contributed by atoms with Crippen molar-refractivity contribution in [2.75, 3.05) is 5.88 Å². The predicted molar refractivity (Wildman–Crippen MR) is 96.0 cm³/mol. The van der Waals surface area contributed by atoms with E-state index >= 15 is 0 Å². The number of hydrogen-bond donors (Lipinski definition) is 3. The molecule has 0 unspecified atom stereocenters. The molecule has 0 amide bonds. The lowest BCUT2D eigenvalue weighted by atomic mass is 10.1. The lowest BCUT2D eigenvalue weighted by molar-refractivity contribution is -0.521. The van der Waals surface area contributed by atoms with Crippen molar-refractivity contribution in [3.63, 3.8) is 0 Å². The first-order valence-electron chi connectivity index (χ1n) is 7.34. The molecule has 2 aromatic rings. The molecule has 0 aromatic heterocycles. The summed E-state index contributed by atoms with van der Waals surface area (Å²) in [5.41, 5.74) is 2.08. The normalized spacial score (nSPS) is 12.2. The zero-order chi connectivity index (χ0) is 18.4. The Morgan fingerprint density at radius 1 is 1.24 bits per heavy atom. The summed E-state index contributed by atoms with van der Waals surface area (Å²) >= 11 is 5.67. The van der Waals surface area contributed by atoms with Crippen molar-refractivity contribution in [2.24, 2.45) is 5.14 Å². The van der Waals surface area contributed by atoms with Gasteiger partial charge in [0.05, 0.1) is 16.5 Å². The van der Waals surface area contributed by atoms with Gasteiger partial charge in [0.25, 0.3) is 0 Å². The summed E-state index contributed by atoms with van der Waals surface area (Å²) < 4.78 is 36.8. The zero-order valence-electron chi connectivity index (χ0n) is 13.2. The molecule has 8 heteroatoms. The fraction of sp³-hybridized carbons (Fsp3) is 0.118. The molecule has 0 aliphatic rings. The standard InChI is InChI=1S/C17H17ClFN3O2S/c18-11-13(20)9-14(8-12-4-2-1-3-5-12)22-17-7-6-15(10-16(17)19)25(21,23)24/h1-7,9-10,20,22H,8,11H2,(H2,21,23,24)/p+1. The Labute approximate surface area is 150 Å². The van der Waals surface area contributed by atoms with Crippen LogP contribution < -0.4 is 10.5 Å². The number of nitrogens with two attached hydrogens (primary N) is 2. The molecule has 25 heavy (non-hydrogen) atoms. The van der Waals surface area contributed by atoms with Crippen molar-refractivity contribution < 1.29 is 18.1 Å². The molecule has 0 heterocycles. The van der Waals surface area contributed by atoms with Crippen molar-refractivity contribution in [3.8, 4) is 0 Å². The first-order valence-corrected chi connectivity index (χ1v) is 9.42. The number of nitrogens with one attached hydrogen (secondary N) is 1. The van der Waals surface area contributed by atoms with Crippen molar-refractivity contribution >= 4 is 33.0 Å². The van der Waals surface area contributed by atoms with Gasteiger partial charge in [-0.05, 0) is 11.6 Å². The molecule has 0 atom stereocenters. The van der Waals surface area contributed by atoms with Gasteiger partial charge in [0.2, 0.25) is 10.0 Å². The first-order chi connectivity index (χ1) is 11.8. The molecule has 2 aromatic carbocycles. The van der Waals surface area contributed by atoms with Crippen molar-refractivity contribution in [1.29, 1.82) is 5.41 Å². The number of allylic oxidation sites excluding steroid dienone is 2. The highest BCUT2D eigenvalue weighted by atomic mass is 35.5. The van der Waals surface area contributed by atoms with E-state index in [0.717, 1.165) is 11.6 Å². The molecule has 0 aliphatic carbocycles. The van der Waals surface area contributed by atoms with Gasteiger partial charge >= 0.3 is 0 Å². The van der Waals surface area contributed by atoms with E-state index in [-0.39, 0.29) is 22.2 Å². The van der Waals surface area contributed by atoms with Crippen molar-refractivity contribution in [3.05, 3.63) is 71.7 Å². The van der Waals surface area contributed by atoms with Crippen LogP contribution in [-0.2, 0) is 16.4 Å². The van der Waals surface area contributed by atoms with E-state index in [9.17, 15) is 12.8 Å². The highest BCUT2D eigenvalue weighted by Crippen LogP contribution is 2.15. The highest BCUT2D eigenvalue weighted by Gasteiger charge is 2.16. The minimum Gasteiger partial charge on any atom is -0.304 e. The van der Waals surface area contributed by atoms with E-state index < -0.39 is 15.8 Å². The van der Waals surface area contributed by atoms with Crippen LogP contribution in [-0.4, -0.2) is 20.0 Å². The second-order valence-electron chi connectivity index (χ2n) is 5.41. The van der Waals surface area contributed by atoms with Gasteiger partial charge in [0, 0.05) is 24.6 Å². The van der Waals surface area contributed by atoms with Gasteiger partial charge in [-0.25, -0.2) is 17.9 Å². The van der Waals surface area contributed by atoms with Crippen LogP contribution in [0.1, 0.15) is 5.56 Å². The van der Waals surface area contributed by atoms with Gasteiger partial charge in [-0.3, -0.25) is 5.32 Å². The first kappa shape index (κ1) is 19.3. The number of benzene rings is 2. The quantitative estimate of drug-likeness (QED) is 0.388. The molecule has 5 N–H and O–H groups in total. The number of primary sulfonamides is 1. The number of quaternary nitrogens is 1. The van der Waals surface area contributed by atoms with Crippen LogP contribution >= 0.6 is 11.6 Å². The second kappa shape index (κ2) is 8.35. The van der Waals surface area contributed by atoms with E-state index in [2.05, 4.69) is 0 Å². The Hall–Kier alpha value is -2.06. The molecule has 0 spiro atoms. The Morgan fingerprint density at radius 3 is 2.48 bits per heavy atom. The average Bonchev–Trinajstić information content (AvgIpc) is 2.56. The number of hydrogen-bond acceptors (Lipinski definition) is 3. The molecular formula is C17H18ClFN3O2S+. The number of alkyl halides is 1. The average molecular weight is 383 g/mol. The molecule has 0 radical (unpaired) electrons. The summed E-state index contributed by atoms with van der Waals surface area (Å²) in [6.45, 7) is 0. The van der Waals surface area contributed by atoms with E-state index in [4.69, 9.17) is 22.1 Å². The highest BCUT2D eigenvalue weighted by molar-refractivity contribution is 7.89. The van der Waals surface area contributed by atoms with Crippen molar-refractivity contribution in [2.45, 2.75) is 11.3 Å². The summed E-state index contributed by atoms with van der Waals surface area (Å²) in [5.74, 6) is -0.665. The molecular weight excluding hydrogens is 365 g/mol. The molecule has 0 saturated heterocycles. The summed E-state index contributed by atoms with van der Waals surface area (Å²) in [5, 5.41) is 14.3. The van der Waals surface area contributed by atoms with Gasteiger partial charge < -0.3 is 5.41 Å². The minimum atomic E-state index is -3.96. The third-order valence-corrected chi connectivity index (χ3v) is 4.59. The van der Waals surface area contributed by atoms with E-state index in [1.807, 2.05) is 30.3 Å².